The summed E-state index contributed by atoms with van der Waals surface area (Å²) in [6.07, 6.45) is 0. The van der Waals surface area contributed by atoms with Crippen LogP contribution >= 0.6 is 7.28 Å². The third kappa shape index (κ3) is 2.92. The molecule has 23 heavy (non-hydrogen) atoms. The quantitative estimate of drug-likeness (QED) is 0.644. The van der Waals surface area contributed by atoms with Crippen LogP contribution in [0.3, 0.4) is 0 Å². The van der Waals surface area contributed by atoms with E-state index in [-0.39, 0.29) is 22.1 Å². The van der Waals surface area contributed by atoms with Gasteiger partial charge in [-0.15, -0.1) is 0 Å². The van der Waals surface area contributed by atoms with Crippen LogP contribution in [0.25, 0.3) is 0 Å². The molecule has 3 aromatic carbocycles. The molecule has 0 spiro atoms. The minimum absolute atomic E-state index is 0.0119. The molecule has 0 atom stereocenters. The van der Waals surface area contributed by atoms with Crippen LogP contribution in [0.1, 0.15) is 0 Å². The molecule has 0 saturated carbocycles. The monoisotopic (exact) mass is 328 g/mol. The normalized spacial score (nSPS) is 13.0. The van der Waals surface area contributed by atoms with Crippen LogP contribution in [-0.2, 0) is 0 Å². The topological polar surface area (TPSA) is 69.9 Å². The molecule has 3 N–H and O–H groups in total. The van der Waals surface area contributed by atoms with Gasteiger partial charge in [-0.1, -0.05) is 0 Å². The Labute approximate surface area is 134 Å². The second-order valence-corrected chi connectivity index (χ2v) is 8.32. The minimum atomic E-state index is -4.87. The van der Waals surface area contributed by atoms with Crippen molar-refractivity contribution in [2.24, 2.45) is 0 Å². The number of phenols is 1. The Morgan fingerprint density at radius 3 is 1.65 bits per heavy atom. The van der Waals surface area contributed by atoms with Gasteiger partial charge in [-0.05, 0) is 0 Å². The van der Waals surface area contributed by atoms with Crippen LogP contribution < -0.4 is 15.1 Å². The summed E-state index contributed by atoms with van der Waals surface area (Å²) in [6, 6.07) is 22.9. The van der Waals surface area contributed by atoms with Gasteiger partial charge in [-0.25, -0.2) is 0 Å². The van der Waals surface area contributed by atoms with E-state index in [2.05, 4.69) is 0 Å². The molecule has 0 bridgehead atoms. The zero-order valence-corrected chi connectivity index (χ0v) is 13.2. The van der Waals surface area contributed by atoms with Gasteiger partial charge in [0.1, 0.15) is 0 Å². The van der Waals surface area contributed by atoms with Gasteiger partial charge in [-0.2, -0.15) is 0 Å². The molecule has 3 rings (SSSR count). The molecule has 0 aliphatic rings. The fourth-order valence-corrected chi connectivity index (χ4v) is 4.83. The van der Waals surface area contributed by atoms with Crippen LogP contribution in [0, 0.1) is 0 Å². The molecule has 0 fully saturated rings. The Morgan fingerprint density at radius 1 is 0.652 bits per heavy atom. The van der Waals surface area contributed by atoms with Crippen LogP contribution in [-0.4, -0.2) is 14.9 Å². The van der Waals surface area contributed by atoms with Crippen molar-refractivity contribution in [1.29, 1.82) is 0 Å². The number of phenolic OH excluding ortho intramolecular Hbond substituents is 1. The molecule has 0 saturated heterocycles. The summed E-state index contributed by atoms with van der Waals surface area (Å²) in [7, 11) is -4.87. The molecular formula is C18H17O4P. The van der Waals surface area contributed by atoms with E-state index in [0.29, 0.717) is 0 Å². The van der Waals surface area contributed by atoms with Crippen LogP contribution in [0.15, 0.2) is 84.9 Å². The third-order valence-electron chi connectivity index (χ3n) is 3.54. The van der Waals surface area contributed by atoms with Crippen molar-refractivity contribution in [1.82, 2.24) is 0 Å². The van der Waals surface area contributed by atoms with Crippen molar-refractivity contribution in [3.05, 3.63) is 84.9 Å². The van der Waals surface area contributed by atoms with Crippen molar-refractivity contribution in [3.63, 3.8) is 0 Å². The molecule has 0 amide bonds. The Balaban J connectivity index is 2.18. The van der Waals surface area contributed by atoms with Crippen molar-refractivity contribution >= 4 is 17.9 Å². The van der Waals surface area contributed by atoms with Gasteiger partial charge < -0.3 is 0 Å². The van der Waals surface area contributed by atoms with Gasteiger partial charge in [0.2, 0.25) is 0 Å². The first-order valence-electron chi connectivity index (χ1n) is 7.10. The summed E-state index contributed by atoms with van der Waals surface area (Å²) in [6.45, 7) is 0. The van der Waals surface area contributed by atoms with Crippen LogP contribution in [0.4, 0.5) is 0 Å². The van der Waals surface area contributed by atoms with Crippen molar-refractivity contribution in [2.75, 3.05) is 0 Å². The molecule has 0 unspecified atom stereocenters. The van der Waals surface area contributed by atoms with Gasteiger partial charge >= 0.3 is 134 Å². The average molecular weight is 328 g/mol. The standard InChI is InChI=1S/C18H17O4P/c19-15-8-7-9-16(14-15)22-23(20,21,17-10-3-1-4-11-17)18-12-5-2-6-13-18/h1-14,19-21H. The second-order valence-electron chi connectivity index (χ2n) is 5.21. The fourth-order valence-electron chi connectivity index (χ4n) is 2.39. The molecule has 0 aliphatic heterocycles. The maximum atomic E-state index is 11.3. The third-order valence-corrected chi connectivity index (χ3v) is 6.55. The number of benzene rings is 3. The zero-order chi connectivity index (χ0) is 16.4. The van der Waals surface area contributed by atoms with Crippen LogP contribution in [0.5, 0.6) is 11.5 Å². The SMILES string of the molecule is Oc1cccc(OP(O)(O)(c2ccccc2)c2ccccc2)c1. The van der Waals surface area contributed by atoms with E-state index in [4.69, 9.17) is 4.52 Å². The van der Waals surface area contributed by atoms with Crippen molar-refractivity contribution < 1.29 is 19.4 Å². The maximum absolute atomic E-state index is 11.3. The molecule has 118 valence electrons. The van der Waals surface area contributed by atoms with E-state index in [9.17, 15) is 14.9 Å². The van der Waals surface area contributed by atoms with E-state index in [1.807, 2.05) is 0 Å². The average Bonchev–Trinajstić information content (AvgIpc) is 2.56. The fraction of sp³-hybridized carbons (Fsp3) is 0. The summed E-state index contributed by atoms with van der Waals surface area (Å²) in [5, 5.41) is 10.2. The first kappa shape index (κ1) is 15.5. The number of rotatable bonds is 4. The van der Waals surface area contributed by atoms with Gasteiger partial charge in [0.25, 0.3) is 0 Å². The molecule has 0 heterocycles. The first-order chi connectivity index (χ1) is 11.0. The zero-order valence-electron chi connectivity index (χ0n) is 12.3. The molecule has 5 heteroatoms. The first-order valence-corrected chi connectivity index (χ1v) is 9.16. The Hall–Kier alpha value is -2.39. The van der Waals surface area contributed by atoms with Crippen molar-refractivity contribution in [2.45, 2.75) is 0 Å². The van der Waals surface area contributed by atoms with Gasteiger partial charge in [0.15, 0.2) is 0 Å². The van der Waals surface area contributed by atoms with E-state index >= 15 is 0 Å². The van der Waals surface area contributed by atoms with Gasteiger partial charge in [0, 0.05) is 0 Å². The molecule has 3 aromatic rings. The summed E-state index contributed by atoms with van der Waals surface area (Å²) in [5.74, 6) is 0.169. The molecule has 4 nitrogen and oxygen atoms in total. The summed E-state index contributed by atoms with van der Waals surface area (Å²) < 4.78 is 5.72. The Kier molecular flexibility index (Phi) is 3.82. The van der Waals surface area contributed by atoms with E-state index in [0.717, 1.165) is 0 Å². The molecular weight excluding hydrogens is 311 g/mol. The van der Waals surface area contributed by atoms with Crippen molar-refractivity contribution in [3.8, 4) is 11.5 Å². The summed E-state index contributed by atoms with van der Waals surface area (Å²) >= 11 is 0. The predicted molar refractivity (Wildman–Crippen MR) is 92.2 cm³/mol. The second kappa shape index (κ2) is 5.67. The van der Waals surface area contributed by atoms with E-state index in [1.165, 1.54) is 12.1 Å². The van der Waals surface area contributed by atoms with Gasteiger partial charge in [-0.3, -0.25) is 0 Å². The number of hydrogen-bond donors (Lipinski definition) is 3. The van der Waals surface area contributed by atoms with E-state index < -0.39 is 7.28 Å². The molecule has 0 aromatic heterocycles. The number of aromatic hydroxyl groups is 1. The van der Waals surface area contributed by atoms with Crippen LogP contribution in [0.2, 0.25) is 0 Å². The summed E-state index contributed by atoms with van der Waals surface area (Å²) in [5.41, 5.74) is 0. The Bertz CT molecular complexity index is 760. The predicted octanol–water partition coefficient (Wildman–Crippen LogP) is 2.70. The van der Waals surface area contributed by atoms with Gasteiger partial charge in [0.05, 0.1) is 0 Å². The van der Waals surface area contributed by atoms with E-state index in [1.54, 1.807) is 72.8 Å². The Morgan fingerprint density at radius 2 is 1.17 bits per heavy atom. The molecule has 0 aliphatic carbocycles. The molecule has 0 radical (unpaired) electrons. The summed E-state index contributed by atoms with van der Waals surface area (Å²) in [4.78, 5) is 22.7. The number of hydrogen-bond acceptors (Lipinski definition) is 4.